The lowest BCUT2D eigenvalue weighted by molar-refractivity contribution is -0.135. The van der Waals surface area contributed by atoms with E-state index in [1.165, 1.54) is 16.3 Å². The smallest absolute Gasteiger partial charge is 0.322 e. The van der Waals surface area contributed by atoms with Crippen LogP contribution in [-0.2, 0) is 4.79 Å². The summed E-state index contributed by atoms with van der Waals surface area (Å²) < 4.78 is 0. The van der Waals surface area contributed by atoms with E-state index < -0.39 is 5.97 Å². The van der Waals surface area contributed by atoms with Crippen molar-refractivity contribution in [3.05, 3.63) is 77.9 Å². The average molecular weight is 418 g/mol. The lowest BCUT2D eigenvalue weighted by Crippen LogP contribution is -2.34. The molecule has 31 heavy (non-hydrogen) atoms. The first kappa shape index (κ1) is 20.9. The molecule has 0 unspecified atom stereocenters. The second-order valence-electron chi connectivity index (χ2n) is 8.01. The molecule has 0 aromatic heterocycles. The summed E-state index contributed by atoms with van der Waals surface area (Å²) in [6.07, 6.45) is 1.05. The molecule has 1 saturated heterocycles. The Morgan fingerprint density at radius 3 is 2.58 bits per heavy atom. The van der Waals surface area contributed by atoms with Crippen LogP contribution in [-0.4, -0.2) is 42.7 Å². The van der Waals surface area contributed by atoms with Gasteiger partial charge in [0.2, 0.25) is 0 Å². The van der Waals surface area contributed by atoms with E-state index in [0.29, 0.717) is 11.6 Å². The van der Waals surface area contributed by atoms with Crippen LogP contribution in [0.4, 0.5) is 5.69 Å². The summed E-state index contributed by atoms with van der Waals surface area (Å²) in [6.45, 7) is 3.69. The molecule has 1 aliphatic heterocycles. The summed E-state index contributed by atoms with van der Waals surface area (Å²) >= 11 is 0. The van der Waals surface area contributed by atoms with E-state index in [-0.39, 0.29) is 18.5 Å². The molecule has 0 bridgehead atoms. The number of carbonyl (C=O) groups is 2. The molecule has 0 radical (unpaired) electrons. The zero-order valence-corrected chi connectivity index (χ0v) is 17.5. The van der Waals surface area contributed by atoms with E-state index in [4.69, 9.17) is 5.11 Å². The van der Waals surface area contributed by atoms with Crippen molar-refractivity contribution in [1.29, 1.82) is 0 Å². The number of carboxylic acids is 1. The van der Waals surface area contributed by atoms with Crippen LogP contribution in [0.2, 0.25) is 0 Å². The van der Waals surface area contributed by atoms with Gasteiger partial charge in [0.05, 0.1) is 0 Å². The van der Waals surface area contributed by atoms with E-state index in [2.05, 4.69) is 64.9 Å². The van der Waals surface area contributed by atoms with Crippen LogP contribution in [0.25, 0.3) is 10.8 Å². The van der Waals surface area contributed by atoms with Crippen molar-refractivity contribution in [2.75, 3.05) is 24.5 Å². The Labute approximate surface area is 181 Å². The first-order chi connectivity index (χ1) is 15.0. The number of benzene rings is 3. The van der Waals surface area contributed by atoms with Gasteiger partial charge in [-0.3, -0.25) is 9.59 Å². The number of fused-ring (bicyclic) bond motifs is 1. The Morgan fingerprint density at radius 1 is 1.06 bits per heavy atom. The number of rotatable bonds is 7. The SMILES string of the molecule is C[C@@H](N[C@H]1CCN(c2ccc(C(=O)NCC(=O)O)cc2)C1)c1cccc2ccccc12. The highest BCUT2D eigenvalue weighted by molar-refractivity contribution is 5.96. The lowest BCUT2D eigenvalue weighted by Gasteiger charge is -2.23. The van der Waals surface area contributed by atoms with Crippen LogP contribution in [0.3, 0.4) is 0 Å². The van der Waals surface area contributed by atoms with Crippen molar-refractivity contribution >= 4 is 28.3 Å². The van der Waals surface area contributed by atoms with Gasteiger partial charge >= 0.3 is 5.97 Å². The number of hydrogen-bond acceptors (Lipinski definition) is 4. The number of carbonyl (C=O) groups excluding carboxylic acids is 1. The molecule has 0 spiro atoms. The van der Waals surface area contributed by atoms with E-state index in [1.807, 2.05) is 12.1 Å². The minimum atomic E-state index is -1.06. The highest BCUT2D eigenvalue weighted by Crippen LogP contribution is 2.26. The summed E-state index contributed by atoms with van der Waals surface area (Å²) in [6, 6.07) is 22.9. The molecule has 3 N–H and O–H groups in total. The Balaban J connectivity index is 1.37. The first-order valence-corrected chi connectivity index (χ1v) is 10.6. The summed E-state index contributed by atoms with van der Waals surface area (Å²) in [7, 11) is 0. The van der Waals surface area contributed by atoms with Gasteiger partial charge in [0, 0.05) is 36.4 Å². The number of hydrogen-bond donors (Lipinski definition) is 3. The minimum Gasteiger partial charge on any atom is -0.480 e. The third-order valence-corrected chi connectivity index (χ3v) is 5.86. The zero-order valence-electron chi connectivity index (χ0n) is 17.5. The van der Waals surface area contributed by atoms with E-state index >= 15 is 0 Å². The molecule has 1 fully saturated rings. The Hall–Kier alpha value is -3.38. The van der Waals surface area contributed by atoms with Gasteiger partial charge in [-0.15, -0.1) is 0 Å². The number of nitrogens with zero attached hydrogens (tertiary/aromatic N) is 1. The molecule has 4 rings (SSSR count). The van der Waals surface area contributed by atoms with Crippen molar-refractivity contribution in [2.24, 2.45) is 0 Å². The van der Waals surface area contributed by atoms with Crippen LogP contribution in [0.15, 0.2) is 66.7 Å². The van der Waals surface area contributed by atoms with Crippen molar-refractivity contribution in [3.63, 3.8) is 0 Å². The van der Waals surface area contributed by atoms with Crippen molar-refractivity contribution < 1.29 is 14.7 Å². The fourth-order valence-electron chi connectivity index (χ4n) is 4.28. The molecule has 3 aromatic rings. The average Bonchev–Trinajstić information content (AvgIpc) is 3.25. The number of aliphatic carboxylic acids is 1. The topological polar surface area (TPSA) is 81.7 Å². The van der Waals surface area contributed by atoms with E-state index in [9.17, 15) is 9.59 Å². The molecular weight excluding hydrogens is 390 g/mol. The van der Waals surface area contributed by atoms with Gasteiger partial charge < -0.3 is 20.6 Å². The Kier molecular flexibility index (Phi) is 6.18. The number of carboxylic acid groups (broad SMARTS) is 1. The third-order valence-electron chi connectivity index (χ3n) is 5.86. The second kappa shape index (κ2) is 9.18. The molecule has 0 saturated carbocycles. The van der Waals surface area contributed by atoms with E-state index in [0.717, 1.165) is 25.2 Å². The Bertz CT molecular complexity index is 1080. The number of nitrogens with one attached hydrogen (secondary N) is 2. The second-order valence-corrected chi connectivity index (χ2v) is 8.01. The quantitative estimate of drug-likeness (QED) is 0.547. The van der Waals surface area contributed by atoms with Crippen LogP contribution in [0.5, 0.6) is 0 Å². The monoisotopic (exact) mass is 417 g/mol. The molecule has 0 aliphatic carbocycles. The third kappa shape index (κ3) is 4.86. The molecular formula is C25H27N3O3. The maximum Gasteiger partial charge on any atom is 0.322 e. The maximum atomic E-state index is 12.0. The Morgan fingerprint density at radius 2 is 1.81 bits per heavy atom. The molecule has 1 heterocycles. The van der Waals surface area contributed by atoms with Crippen LogP contribution < -0.4 is 15.5 Å². The normalized spacial score (nSPS) is 16.9. The fourth-order valence-corrected chi connectivity index (χ4v) is 4.28. The first-order valence-electron chi connectivity index (χ1n) is 10.6. The van der Waals surface area contributed by atoms with Crippen LogP contribution in [0.1, 0.15) is 35.3 Å². The zero-order chi connectivity index (χ0) is 21.8. The van der Waals surface area contributed by atoms with Gasteiger partial charge in [0.25, 0.3) is 5.91 Å². The van der Waals surface area contributed by atoms with E-state index in [1.54, 1.807) is 12.1 Å². The van der Waals surface area contributed by atoms with Crippen molar-refractivity contribution in [3.8, 4) is 0 Å². The highest BCUT2D eigenvalue weighted by Gasteiger charge is 2.24. The largest absolute Gasteiger partial charge is 0.480 e. The molecule has 160 valence electrons. The standard InChI is InChI=1S/C25H27N3O3/c1-17(22-8-4-6-18-5-2-3-7-23(18)22)27-20-13-14-28(16-20)21-11-9-19(10-12-21)25(31)26-15-24(29)30/h2-12,17,20,27H,13-16H2,1H3,(H,26,31)(H,29,30)/t17-,20+/m1/s1. The summed E-state index contributed by atoms with van der Waals surface area (Å²) in [5.74, 6) is -1.43. The molecule has 3 aromatic carbocycles. The summed E-state index contributed by atoms with van der Waals surface area (Å²) in [5, 5.41) is 17.4. The maximum absolute atomic E-state index is 12.0. The predicted octanol–water partition coefficient (Wildman–Crippen LogP) is 3.58. The summed E-state index contributed by atoms with van der Waals surface area (Å²) in [4.78, 5) is 24.9. The summed E-state index contributed by atoms with van der Waals surface area (Å²) in [5.41, 5.74) is 2.84. The molecule has 2 atom stereocenters. The van der Waals surface area contributed by atoms with Gasteiger partial charge in [-0.25, -0.2) is 0 Å². The molecule has 1 amide bonds. The molecule has 6 heteroatoms. The van der Waals surface area contributed by atoms with Crippen LogP contribution >= 0.6 is 0 Å². The van der Waals surface area contributed by atoms with Gasteiger partial charge in [-0.05, 0) is 53.9 Å². The van der Waals surface area contributed by atoms with Gasteiger partial charge in [0.15, 0.2) is 0 Å². The van der Waals surface area contributed by atoms with Gasteiger partial charge in [-0.2, -0.15) is 0 Å². The predicted molar refractivity (Wildman–Crippen MR) is 123 cm³/mol. The van der Waals surface area contributed by atoms with Crippen molar-refractivity contribution in [2.45, 2.75) is 25.4 Å². The molecule has 6 nitrogen and oxygen atoms in total. The highest BCUT2D eigenvalue weighted by atomic mass is 16.4. The lowest BCUT2D eigenvalue weighted by atomic mass is 9.99. The fraction of sp³-hybridized carbons (Fsp3) is 0.280. The minimum absolute atomic E-state index is 0.247. The molecule has 1 aliphatic rings. The number of anilines is 1. The van der Waals surface area contributed by atoms with Gasteiger partial charge in [-0.1, -0.05) is 42.5 Å². The van der Waals surface area contributed by atoms with Gasteiger partial charge in [0.1, 0.15) is 6.54 Å². The number of amides is 1. The van der Waals surface area contributed by atoms with Crippen molar-refractivity contribution in [1.82, 2.24) is 10.6 Å². The van der Waals surface area contributed by atoms with Crippen LogP contribution in [0, 0.1) is 0 Å².